The van der Waals surface area contributed by atoms with E-state index in [1.54, 1.807) is 60.7 Å². The fourth-order valence-electron chi connectivity index (χ4n) is 2.31. The summed E-state index contributed by atoms with van der Waals surface area (Å²) < 4.78 is 0. The van der Waals surface area contributed by atoms with Crippen LogP contribution in [0.15, 0.2) is 66.0 Å². The highest BCUT2D eigenvalue weighted by Crippen LogP contribution is 2.17. The Morgan fingerprint density at radius 2 is 1.54 bits per heavy atom. The van der Waals surface area contributed by atoms with Crippen LogP contribution in [0.3, 0.4) is 0 Å². The van der Waals surface area contributed by atoms with Gasteiger partial charge in [-0.1, -0.05) is 18.2 Å². The average molecular weight is 365 g/mol. The third-order valence-electron chi connectivity index (χ3n) is 3.59. The van der Waals surface area contributed by atoms with E-state index in [1.807, 2.05) is 5.38 Å². The molecule has 0 radical (unpaired) electrons. The smallest absolute Gasteiger partial charge is 0.265 e. The summed E-state index contributed by atoms with van der Waals surface area (Å²) in [5.74, 6) is -1.20. The maximum absolute atomic E-state index is 12.4. The Hall–Kier alpha value is -3.45. The van der Waals surface area contributed by atoms with Crippen LogP contribution in [-0.4, -0.2) is 17.7 Å². The van der Waals surface area contributed by atoms with E-state index in [1.165, 1.54) is 11.3 Å². The predicted octanol–water partition coefficient (Wildman–Crippen LogP) is 3.35. The number of hydrogen-bond acceptors (Lipinski definition) is 4. The van der Waals surface area contributed by atoms with E-state index < -0.39 is 5.91 Å². The van der Waals surface area contributed by atoms with Crippen molar-refractivity contribution in [2.75, 3.05) is 10.6 Å². The van der Waals surface area contributed by atoms with E-state index in [0.717, 1.165) is 0 Å². The molecule has 130 valence electrons. The monoisotopic (exact) mass is 365 g/mol. The number of nitrogens with one attached hydrogen (secondary N) is 2. The van der Waals surface area contributed by atoms with Crippen LogP contribution in [-0.2, 0) is 0 Å². The van der Waals surface area contributed by atoms with Gasteiger partial charge >= 0.3 is 0 Å². The number of anilines is 2. The van der Waals surface area contributed by atoms with Gasteiger partial charge < -0.3 is 16.4 Å². The highest BCUT2D eigenvalue weighted by molar-refractivity contribution is 7.12. The number of amides is 3. The van der Waals surface area contributed by atoms with Gasteiger partial charge in [0, 0.05) is 11.3 Å². The first-order chi connectivity index (χ1) is 12.5. The fraction of sp³-hybridized carbons (Fsp3) is 0. The van der Waals surface area contributed by atoms with Crippen LogP contribution in [0.1, 0.15) is 30.4 Å². The molecule has 0 fully saturated rings. The maximum Gasteiger partial charge on any atom is 0.265 e. The van der Waals surface area contributed by atoms with Crippen molar-refractivity contribution in [2.24, 2.45) is 5.73 Å². The molecule has 26 heavy (non-hydrogen) atoms. The molecule has 1 heterocycles. The van der Waals surface area contributed by atoms with Crippen LogP contribution in [0.2, 0.25) is 0 Å². The molecule has 7 heteroatoms. The molecular formula is C19H15N3O3S. The fourth-order valence-corrected chi connectivity index (χ4v) is 2.93. The van der Waals surface area contributed by atoms with Crippen molar-refractivity contribution in [3.05, 3.63) is 82.0 Å². The Balaban J connectivity index is 1.69. The molecule has 0 saturated heterocycles. The quantitative estimate of drug-likeness (QED) is 0.646. The van der Waals surface area contributed by atoms with Gasteiger partial charge in [-0.05, 0) is 47.8 Å². The standard InChI is InChI=1S/C19H15N3O3S/c20-17(23)14-4-1-2-5-15(14)22-18(24)12-7-9-13(10-8-12)21-19(25)16-6-3-11-26-16/h1-11H,(H2,20,23)(H,21,25)(H,22,24). The molecule has 2 aromatic carbocycles. The SMILES string of the molecule is NC(=O)c1ccccc1NC(=O)c1ccc(NC(=O)c2cccs2)cc1. The van der Waals surface area contributed by atoms with E-state index in [-0.39, 0.29) is 17.4 Å². The van der Waals surface area contributed by atoms with Gasteiger partial charge in [0.2, 0.25) is 0 Å². The lowest BCUT2D eigenvalue weighted by atomic mass is 10.1. The van der Waals surface area contributed by atoms with Crippen molar-refractivity contribution in [1.82, 2.24) is 0 Å². The Labute approximate surface area is 153 Å². The second-order valence-electron chi connectivity index (χ2n) is 5.37. The Bertz CT molecular complexity index is 950. The minimum Gasteiger partial charge on any atom is -0.366 e. The van der Waals surface area contributed by atoms with E-state index in [0.29, 0.717) is 21.8 Å². The highest BCUT2D eigenvalue weighted by Gasteiger charge is 2.12. The van der Waals surface area contributed by atoms with E-state index in [9.17, 15) is 14.4 Å². The van der Waals surface area contributed by atoms with Crippen molar-refractivity contribution < 1.29 is 14.4 Å². The summed E-state index contributed by atoms with van der Waals surface area (Å²) in [6.45, 7) is 0. The Kier molecular flexibility index (Phi) is 5.09. The molecule has 0 aliphatic heterocycles. The van der Waals surface area contributed by atoms with Gasteiger partial charge in [-0.25, -0.2) is 0 Å². The topological polar surface area (TPSA) is 101 Å². The van der Waals surface area contributed by atoms with E-state index in [2.05, 4.69) is 10.6 Å². The summed E-state index contributed by atoms with van der Waals surface area (Å²) in [6, 6.07) is 16.5. The molecule has 3 aromatic rings. The number of carbonyl (C=O) groups excluding carboxylic acids is 3. The Morgan fingerprint density at radius 3 is 2.19 bits per heavy atom. The zero-order chi connectivity index (χ0) is 18.5. The normalized spacial score (nSPS) is 10.2. The number of primary amides is 1. The first-order valence-corrected chi connectivity index (χ1v) is 8.57. The molecule has 0 unspecified atom stereocenters. The summed E-state index contributed by atoms with van der Waals surface area (Å²) in [7, 11) is 0. The van der Waals surface area contributed by atoms with Crippen LogP contribution in [0.4, 0.5) is 11.4 Å². The minimum absolute atomic E-state index is 0.201. The van der Waals surface area contributed by atoms with Crippen molar-refractivity contribution >= 4 is 40.4 Å². The maximum atomic E-state index is 12.4. The van der Waals surface area contributed by atoms with Gasteiger partial charge in [-0.15, -0.1) is 11.3 Å². The lowest BCUT2D eigenvalue weighted by molar-refractivity contribution is 0.0998. The summed E-state index contributed by atoms with van der Waals surface area (Å²) >= 11 is 1.35. The van der Waals surface area contributed by atoms with Crippen molar-refractivity contribution in [3.63, 3.8) is 0 Å². The van der Waals surface area contributed by atoms with Gasteiger partial charge in [0.05, 0.1) is 16.1 Å². The second kappa shape index (κ2) is 7.62. The second-order valence-corrected chi connectivity index (χ2v) is 6.32. The van der Waals surface area contributed by atoms with Crippen LogP contribution < -0.4 is 16.4 Å². The van der Waals surface area contributed by atoms with Crippen molar-refractivity contribution in [1.29, 1.82) is 0 Å². The van der Waals surface area contributed by atoms with Gasteiger partial charge in [-0.2, -0.15) is 0 Å². The largest absolute Gasteiger partial charge is 0.366 e. The van der Waals surface area contributed by atoms with Gasteiger partial charge in [-0.3, -0.25) is 14.4 Å². The summed E-state index contributed by atoms with van der Waals surface area (Å²) in [5, 5.41) is 7.25. The number of hydrogen-bond donors (Lipinski definition) is 3. The van der Waals surface area contributed by atoms with Crippen LogP contribution in [0.25, 0.3) is 0 Å². The van der Waals surface area contributed by atoms with E-state index >= 15 is 0 Å². The Morgan fingerprint density at radius 1 is 0.808 bits per heavy atom. The molecular weight excluding hydrogens is 350 g/mol. The van der Waals surface area contributed by atoms with Crippen LogP contribution in [0, 0.1) is 0 Å². The first kappa shape index (κ1) is 17.4. The summed E-state index contributed by atoms with van der Waals surface area (Å²) in [6.07, 6.45) is 0. The van der Waals surface area contributed by atoms with E-state index in [4.69, 9.17) is 5.73 Å². The number of rotatable bonds is 5. The highest BCUT2D eigenvalue weighted by atomic mass is 32.1. The molecule has 0 spiro atoms. The number of nitrogens with two attached hydrogens (primary N) is 1. The number of carbonyl (C=O) groups is 3. The minimum atomic E-state index is -0.618. The van der Waals surface area contributed by atoms with Crippen LogP contribution >= 0.6 is 11.3 Å². The third kappa shape index (κ3) is 3.96. The number of thiophene rings is 1. The molecule has 6 nitrogen and oxygen atoms in total. The van der Waals surface area contributed by atoms with Crippen LogP contribution in [0.5, 0.6) is 0 Å². The predicted molar refractivity (Wildman–Crippen MR) is 102 cm³/mol. The molecule has 4 N–H and O–H groups in total. The molecule has 3 rings (SSSR count). The van der Waals surface area contributed by atoms with Gasteiger partial charge in [0.25, 0.3) is 17.7 Å². The number of para-hydroxylation sites is 1. The summed E-state index contributed by atoms with van der Waals surface area (Å²) in [5.41, 5.74) is 6.86. The molecule has 0 atom stereocenters. The lowest BCUT2D eigenvalue weighted by Crippen LogP contribution is -2.18. The molecule has 0 aliphatic carbocycles. The molecule has 0 bridgehead atoms. The van der Waals surface area contributed by atoms with Crippen molar-refractivity contribution in [2.45, 2.75) is 0 Å². The lowest BCUT2D eigenvalue weighted by Gasteiger charge is -2.09. The summed E-state index contributed by atoms with van der Waals surface area (Å²) in [4.78, 5) is 36.4. The third-order valence-corrected chi connectivity index (χ3v) is 4.46. The molecule has 1 aromatic heterocycles. The zero-order valence-corrected chi connectivity index (χ0v) is 14.4. The zero-order valence-electron chi connectivity index (χ0n) is 13.6. The molecule has 3 amide bonds. The van der Waals surface area contributed by atoms with Gasteiger partial charge in [0.15, 0.2) is 0 Å². The average Bonchev–Trinajstić information content (AvgIpc) is 3.17. The van der Waals surface area contributed by atoms with Crippen molar-refractivity contribution in [3.8, 4) is 0 Å². The number of benzene rings is 2. The van der Waals surface area contributed by atoms with Gasteiger partial charge in [0.1, 0.15) is 0 Å². The molecule has 0 aliphatic rings. The molecule has 0 saturated carbocycles. The first-order valence-electron chi connectivity index (χ1n) is 7.69.